The number of hydrogen-bond acceptors (Lipinski definition) is 2. The molecule has 0 aromatic carbocycles. The lowest BCUT2D eigenvalue weighted by molar-refractivity contribution is -0.139. The van der Waals surface area contributed by atoms with Crippen molar-refractivity contribution in [1.82, 2.24) is 0 Å². The van der Waals surface area contributed by atoms with Gasteiger partial charge in [0.2, 0.25) is 0 Å². The Bertz CT molecular complexity index is 239. The zero-order chi connectivity index (χ0) is 10.9. The molecule has 0 amide bonds. The summed E-state index contributed by atoms with van der Waals surface area (Å²) in [6.45, 7) is 4.82. The first-order valence-corrected chi connectivity index (χ1v) is 6.31. The van der Waals surface area contributed by atoms with Crippen LogP contribution in [0.2, 0.25) is 0 Å². The maximum absolute atomic E-state index is 12.0. The average Bonchev–Trinajstić information content (AvgIpc) is 2.65. The van der Waals surface area contributed by atoms with E-state index in [-0.39, 0.29) is 17.4 Å². The van der Waals surface area contributed by atoms with Crippen LogP contribution in [0.4, 0.5) is 0 Å². The molecular formula is C13H22O2. The van der Waals surface area contributed by atoms with Crippen LogP contribution in [0.1, 0.15) is 52.4 Å². The molecule has 2 fully saturated rings. The van der Waals surface area contributed by atoms with Crippen LogP contribution >= 0.6 is 0 Å². The van der Waals surface area contributed by atoms with Crippen LogP contribution in [0.25, 0.3) is 0 Å². The van der Waals surface area contributed by atoms with Crippen molar-refractivity contribution in [3.63, 3.8) is 0 Å². The molecule has 2 nitrogen and oxygen atoms in total. The second kappa shape index (κ2) is 4.25. The van der Waals surface area contributed by atoms with E-state index < -0.39 is 0 Å². The van der Waals surface area contributed by atoms with Gasteiger partial charge in [0, 0.05) is 18.4 Å². The van der Waals surface area contributed by atoms with Gasteiger partial charge in [-0.15, -0.1) is 0 Å². The molecule has 1 saturated heterocycles. The van der Waals surface area contributed by atoms with Crippen LogP contribution in [-0.4, -0.2) is 18.0 Å². The fraction of sp³-hybridized carbons (Fsp3) is 0.923. The maximum Gasteiger partial charge on any atom is 0.138 e. The van der Waals surface area contributed by atoms with Crippen molar-refractivity contribution in [2.45, 2.75) is 58.0 Å². The van der Waals surface area contributed by atoms with Crippen molar-refractivity contribution in [3.05, 3.63) is 0 Å². The highest BCUT2D eigenvalue weighted by molar-refractivity contribution is 5.82. The average molecular weight is 210 g/mol. The molecule has 1 aliphatic heterocycles. The lowest BCUT2D eigenvalue weighted by Gasteiger charge is -2.38. The molecule has 0 bridgehead atoms. The van der Waals surface area contributed by atoms with Gasteiger partial charge >= 0.3 is 0 Å². The number of rotatable bonds is 2. The van der Waals surface area contributed by atoms with Gasteiger partial charge in [0.05, 0.1) is 5.60 Å². The Labute approximate surface area is 92.4 Å². The highest BCUT2D eigenvalue weighted by atomic mass is 16.5. The lowest BCUT2D eigenvalue weighted by Crippen LogP contribution is -2.40. The van der Waals surface area contributed by atoms with Gasteiger partial charge in [-0.05, 0) is 25.7 Å². The quantitative estimate of drug-likeness (QED) is 0.700. The summed E-state index contributed by atoms with van der Waals surface area (Å²) < 4.78 is 5.93. The summed E-state index contributed by atoms with van der Waals surface area (Å²) in [6, 6.07) is 0. The molecule has 1 heterocycles. The Kier molecular flexibility index (Phi) is 3.15. The minimum Gasteiger partial charge on any atom is -0.375 e. The molecule has 0 radical (unpaired) electrons. The number of carbonyl (C=O) groups is 1. The van der Waals surface area contributed by atoms with Gasteiger partial charge in [-0.3, -0.25) is 4.79 Å². The van der Waals surface area contributed by atoms with E-state index in [9.17, 15) is 4.79 Å². The first-order valence-electron chi connectivity index (χ1n) is 6.31. The van der Waals surface area contributed by atoms with Gasteiger partial charge < -0.3 is 4.74 Å². The predicted molar refractivity (Wildman–Crippen MR) is 59.7 cm³/mol. The van der Waals surface area contributed by atoms with E-state index in [0.29, 0.717) is 5.78 Å². The summed E-state index contributed by atoms with van der Waals surface area (Å²) in [6.07, 6.45) is 6.84. The third kappa shape index (κ3) is 2.25. The Morgan fingerprint density at radius 1 is 1.33 bits per heavy atom. The summed E-state index contributed by atoms with van der Waals surface area (Å²) >= 11 is 0. The number of ketones is 1. The third-order valence-corrected chi connectivity index (χ3v) is 3.98. The highest BCUT2D eigenvalue weighted by Gasteiger charge is 2.41. The molecule has 2 heteroatoms. The van der Waals surface area contributed by atoms with Crippen LogP contribution in [0.5, 0.6) is 0 Å². The number of ether oxygens (including phenoxy) is 1. The minimum atomic E-state index is 0.0907. The zero-order valence-corrected chi connectivity index (χ0v) is 9.92. The summed E-state index contributed by atoms with van der Waals surface area (Å²) in [4.78, 5) is 12.0. The monoisotopic (exact) mass is 210 g/mol. The minimum absolute atomic E-state index is 0.0907. The predicted octanol–water partition coefficient (Wildman–Crippen LogP) is 2.95. The lowest BCUT2D eigenvalue weighted by atomic mass is 9.80. The molecule has 0 aromatic heterocycles. The van der Waals surface area contributed by atoms with Gasteiger partial charge in [-0.25, -0.2) is 0 Å². The number of carbonyl (C=O) groups excluding carboxylic acids is 1. The van der Waals surface area contributed by atoms with E-state index in [1.807, 2.05) is 13.8 Å². The molecule has 1 aliphatic carbocycles. The van der Waals surface area contributed by atoms with E-state index in [0.717, 1.165) is 19.4 Å². The maximum atomic E-state index is 12.0. The number of hydrogen-bond donors (Lipinski definition) is 0. The summed E-state index contributed by atoms with van der Waals surface area (Å²) in [5, 5.41) is 0. The normalized spacial score (nSPS) is 29.9. The van der Waals surface area contributed by atoms with Crippen LogP contribution < -0.4 is 0 Å². The molecule has 1 atom stereocenters. The van der Waals surface area contributed by atoms with Gasteiger partial charge in [0.25, 0.3) is 0 Å². The first kappa shape index (κ1) is 11.1. The second-order valence-electron chi connectivity index (χ2n) is 5.49. The Hall–Kier alpha value is -0.370. The second-order valence-corrected chi connectivity index (χ2v) is 5.49. The summed E-state index contributed by atoms with van der Waals surface area (Å²) in [5.41, 5.74) is 0.0907. The molecule has 0 N–H and O–H groups in total. The van der Waals surface area contributed by atoms with Crippen LogP contribution in [0.3, 0.4) is 0 Å². The molecule has 0 aromatic rings. The molecule has 15 heavy (non-hydrogen) atoms. The fourth-order valence-corrected chi connectivity index (χ4v) is 3.11. The van der Waals surface area contributed by atoms with Crippen molar-refractivity contribution in [2.24, 2.45) is 11.8 Å². The van der Waals surface area contributed by atoms with Crippen molar-refractivity contribution < 1.29 is 9.53 Å². The van der Waals surface area contributed by atoms with E-state index in [1.165, 1.54) is 25.7 Å². The van der Waals surface area contributed by atoms with Crippen molar-refractivity contribution >= 4 is 5.78 Å². The summed E-state index contributed by atoms with van der Waals surface area (Å²) in [7, 11) is 0. The molecule has 1 saturated carbocycles. The molecule has 1 unspecified atom stereocenters. The van der Waals surface area contributed by atoms with Gasteiger partial charge in [0.1, 0.15) is 5.78 Å². The fourth-order valence-electron chi connectivity index (χ4n) is 3.11. The van der Waals surface area contributed by atoms with Crippen LogP contribution in [0.15, 0.2) is 0 Å². The Morgan fingerprint density at radius 2 is 2.00 bits per heavy atom. The standard InChI is InChI=1S/C13H22O2/c1-10(2)12(14)11-5-8-15-13(9-11)6-3-4-7-13/h10-11H,3-9H2,1-2H3. The van der Waals surface area contributed by atoms with Gasteiger partial charge in [-0.2, -0.15) is 0 Å². The molecule has 1 spiro atoms. The van der Waals surface area contributed by atoms with E-state index in [1.54, 1.807) is 0 Å². The van der Waals surface area contributed by atoms with Gasteiger partial charge in [0.15, 0.2) is 0 Å². The Morgan fingerprint density at radius 3 is 2.60 bits per heavy atom. The highest BCUT2D eigenvalue weighted by Crippen LogP contribution is 2.42. The van der Waals surface area contributed by atoms with Crippen molar-refractivity contribution in [1.29, 1.82) is 0 Å². The van der Waals surface area contributed by atoms with Gasteiger partial charge in [-0.1, -0.05) is 26.7 Å². The molecular weight excluding hydrogens is 188 g/mol. The van der Waals surface area contributed by atoms with Crippen molar-refractivity contribution in [3.8, 4) is 0 Å². The largest absolute Gasteiger partial charge is 0.375 e. The Balaban J connectivity index is 2.00. The van der Waals surface area contributed by atoms with E-state index in [2.05, 4.69) is 0 Å². The number of Topliss-reactive ketones (excluding diaryl/α,β-unsaturated/α-hetero) is 1. The van der Waals surface area contributed by atoms with E-state index >= 15 is 0 Å². The molecule has 2 aliphatic rings. The van der Waals surface area contributed by atoms with Crippen molar-refractivity contribution in [2.75, 3.05) is 6.61 Å². The third-order valence-electron chi connectivity index (χ3n) is 3.98. The van der Waals surface area contributed by atoms with Crippen LogP contribution in [0, 0.1) is 11.8 Å². The van der Waals surface area contributed by atoms with E-state index in [4.69, 9.17) is 4.74 Å². The smallest absolute Gasteiger partial charge is 0.138 e. The zero-order valence-electron chi connectivity index (χ0n) is 9.92. The summed E-state index contributed by atoms with van der Waals surface area (Å²) in [5.74, 6) is 0.910. The topological polar surface area (TPSA) is 26.3 Å². The first-order chi connectivity index (χ1) is 7.13. The SMILES string of the molecule is CC(C)C(=O)C1CCOC2(CCCC2)C1. The molecule has 86 valence electrons. The molecule has 2 rings (SSSR count). The van der Waals surface area contributed by atoms with Crippen LogP contribution in [-0.2, 0) is 9.53 Å².